The number of ether oxygens (including phenoxy) is 1. The maximum absolute atomic E-state index is 13.5. The number of hydrogen-bond acceptors (Lipinski definition) is 6. The number of amides is 2. The molecule has 0 fully saturated rings. The molecule has 7 nitrogen and oxygen atoms in total. The lowest BCUT2D eigenvalue weighted by atomic mass is 9.98. The Labute approximate surface area is 218 Å². The van der Waals surface area contributed by atoms with Gasteiger partial charge >= 0.3 is 0 Å². The summed E-state index contributed by atoms with van der Waals surface area (Å²) < 4.78 is 18.8. The molecule has 2 amide bonds. The van der Waals surface area contributed by atoms with Gasteiger partial charge in [0.25, 0.3) is 5.91 Å². The number of aliphatic imine (C=N–C) groups is 1. The van der Waals surface area contributed by atoms with Crippen LogP contribution >= 0.6 is 11.8 Å². The van der Waals surface area contributed by atoms with Crippen LogP contribution in [0.25, 0.3) is 0 Å². The van der Waals surface area contributed by atoms with Crippen molar-refractivity contribution in [2.24, 2.45) is 10.1 Å². The van der Waals surface area contributed by atoms with Crippen LogP contribution in [0.3, 0.4) is 0 Å². The van der Waals surface area contributed by atoms with Crippen LogP contribution in [-0.2, 0) is 9.59 Å². The predicted molar refractivity (Wildman–Crippen MR) is 143 cm³/mol. The summed E-state index contributed by atoms with van der Waals surface area (Å²) in [6, 6.07) is 21.1. The average molecular weight is 517 g/mol. The fraction of sp³-hybridized carbons (Fsp3) is 0.214. The minimum absolute atomic E-state index is 0.0000471. The van der Waals surface area contributed by atoms with Gasteiger partial charge in [0.2, 0.25) is 5.91 Å². The van der Waals surface area contributed by atoms with Gasteiger partial charge in [0.15, 0.2) is 5.17 Å². The maximum Gasteiger partial charge on any atom is 0.262 e. The van der Waals surface area contributed by atoms with Crippen molar-refractivity contribution in [3.63, 3.8) is 0 Å². The van der Waals surface area contributed by atoms with Crippen molar-refractivity contribution >= 4 is 40.1 Å². The van der Waals surface area contributed by atoms with E-state index in [4.69, 9.17) is 9.84 Å². The van der Waals surface area contributed by atoms with Crippen LogP contribution < -0.4 is 10.1 Å². The molecule has 0 radical (unpaired) electrons. The van der Waals surface area contributed by atoms with Crippen molar-refractivity contribution in [1.82, 2.24) is 5.01 Å². The molecule has 2 atom stereocenters. The smallest absolute Gasteiger partial charge is 0.262 e. The number of thioether (sulfide) groups is 1. The predicted octanol–water partition coefficient (Wildman–Crippen LogP) is 5.32. The molecular weight excluding hydrogens is 491 g/mol. The van der Waals surface area contributed by atoms with E-state index >= 15 is 0 Å². The Morgan fingerprint density at radius 3 is 2.46 bits per heavy atom. The van der Waals surface area contributed by atoms with E-state index in [1.165, 1.54) is 23.9 Å². The first-order valence-corrected chi connectivity index (χ1v) is 12.7. The topological polar surface area (TPSA) is 83.4 Å². The monoisotopic (exact) mass is 516 g/mol. The number of nitrogens with zero attached hydrogens (tertiary/aromatic N) is 3. The second-order valence-corrected chi connectivity index (χ2v) is 10.0. The fourth-order valence-corrected chi connectivity index (χ4v) is 5.27. The first-order chi connectivity index (χ1) is 17.9. The summed E-state index contributed by atoms with van der Waals surface area (Å²) in [5, 5.41) is 9.17. The summed E-state index contributed by atoms with van der Waals surface area (Å²) in [6.07, 6.45) is 0.546. The zero-order valence-electron chi connectivity index (χ0n) is 20.3. The molecule has 3 aromatic carbocycles. The molecule has 2 heterocycles. The van der Waals surface area contributed by atoms with Gasteiger partial charge in [-0.05, 0) is 54.4 Å². The van der Waals surface area contributed by atoms with Gasteiger partial charge in [-0.1, -0.05) is 53.7 Å². The van der Waals surface area contributed by atoms with Gasteiger partial charge in [0.1, 0.15) is 16.8 Å². The Morgan fingerprint density at radius 1 is 1.08 bits per heavy atom. The molecule has 0 unspecified atom stereocenters. The van der Waals surface area contributed by atoms with Crippen molar-refractivity contribution in [1.29, 1.82) is 0 Å². The third-order valence-corrected chi connectivity index (χ3v) is 7.36. The number of amidine groups is 1. The van der Waals surface area contributed by atoms with Crippen molar-refractivity contribution in [2.75, 3.05) is 12.4 Å². The van der Waals surface area contributed by atoms with E-state index < -0.39 is 5.25 Å². The SMILES string of the molecule is COc1ccc([C@H]2CC(c3ccc(F)cc3)=NN2C2=NC(=O)[C@H](CC(=O)Nc3ccc(C)cc3)S2)cc1. The summed E-state index contributed by atoms with van der Waals surface area (Å²) in [7, 11) is 1.61. The van der Waals surface area contributed by atoms with E-state index in [2.05, 4.69) is 10.3 Å². The van der Waals surface area contributed by atoms with Gasteiger partial charge in [-0.25, -0.2) is 9.40 Å². The highest BCUT2D eigenvalue weighted by Gasteiger charge is 2.39. The van der Waals surface area contributed by atoms with E-state index in [-0.39, 0.29) is 30.1 Å². The highest BCUT2D eigenvalue weighted by atomic mass is 32.2. The number of methoxy groups -OCH3 is 1. The summed E-state index contributed by atoms with van der Waals surface area (Å²) in [5.74, 6) is -0.206. The van der Waals surface area contributed by atoms with Crippen LogP contribution in [0.2, 0.25) is 0 Å². The minimum Gasteiger partial charge on any atom is -0.497 e. The molecule has 0 saturated heterocycles. The van der Waals surface area contributed by atoms with Crippen molar-refractivity contribution in [2.45, 2.75) is 31.1 Å². The second kappa shape index (κ2) is 10.6. The zero-order chi connectivity index (χ0) is 25.9. The van der Waals surface area contributed by atoms with Gasteiger partial charge < -0.3 is 10.1 Å². The van der Waals surface area contributed by atoms with Gasteiger partial charge in [0, 0.05) is 18.5 Å². The Morgan fingerprint density at radius 2 is 1.78 bits per heavy atom. The molecule has 1 N–H and O–H groups in total. The van der Waals surface area contributed by atoms with Crippen LogP contribution in [-0.4, -0.2) is 40.1 Å². The van der Waals surface area contributed by atoms with E-state index in [0.29, 0.717) is 17.3 Å². The van der Waals surface area contributed by atoms with Gasteiger partial charge in [-0.2, -0.15) is 10.1 Å². The number of hydrogen-bond donors (Lipinski definition) is 1. The molecule has 0 bridgehead atoms. The van der Waals surface area contributed by atoms with E-state index in [1.807, 2.05) is 55.5 Å². The lowest BCUT2D eigenvalue weighted by Crippen LogP contribution is -2.25. The standard InChI is InChI=1S/C28H25FN4O3S/c1-17-3-11-21(12-4-17)30-26(34)16-25-27(35)31-28(37-25)33-24(19-7-13-22(36-2)14-8-19)15-23(32-33)18-5-9-20(29)10-6-18/h3-14,24-25H,15-16H2,1-2H3,(H,30,34)/t24-,25+/m1/s1. The van der Waals surface area contributed by atoms with Crippen molar-refractivity contribution in [3.05, 3.63) is 95.3 Å². The van der Waals surface area contributed by atoms with Crippen LogP contribution in [0, 0.1) is 12.7 Å². The van der Waals surface area contributed by atoms with Gasteiger partial charge in [0.05, 0.1) is 18.9 Å². The number of carbonyl (C=O) groups excluding carboxylic acids is 2. The van der Waals surface area contributed by atoms with Gasteiger partial charge in [-0.15, -0.1) is 0 Å². The number of anilines is 1. The molecule has 0 spiro atoms. The Hall–Kier alpha value is -3.98. The number of nitrogens with one attached hydrogen (secondary N) is 1. The molecule has 9 heteroatoms. The zero-order valence-corrected chi connectivity index (χ0v) is 21.2. The van der Waals surface area contributed by atoms with Crippen LogP contribution in [0.5, 0.6) is 5.75 Å². The first-order valence-electron chi connectivity index (χ1n) is 11.8. The van der Waals surface area contributed by atoms with E-state index in [0.717, 1.165) is 28.2 Å². The lowest BCUT2D eigenvalue weighted by Gasteiger charge is -2.23. The minimum atomic E-state index is -0.637. The molecule has 5 rings (SSSR count). The highest BCUT2D eigenvalue weighted by Crippen LogP contribution is 2.39. The molecule has 2 aliphatic heterocycles. The third kappa shape index (κ3) is 5.56. The summed E-state index contributed by atoms with van der Waals surface area (Å²) in [5.41, 5.74) is 4.30. The molecule has 0 aromatic heterocycles. The number of rotatable bonds is 6. The van der Waals surface area contributed by atoms with Crippen LogP contribution in [0.1, 0.15) is 35.6 Å². The fourth-order valence-electron chi connectivity index (χ4n) is 4.21. The number of carbonyl (C=O) groups is 2. The molecule has 188 valence electrons. The van der Waals surface area contributed by atoms with Crippen molar-refractivity contribution in [3.8, 4) is 5.75 Å². The third-order valence-electron chi connectivity index (χ3n) is 6.22. The van der Waals surface area contributed by atoms with Gasteiger partial charge in [-0.3, -0.25) is 9.59 Å². The normalized spacial score (nSPS) is 19.0. The first kappa shape index (κ1) is 24.7. The Kier molecular flexibility index (Phi) is 7.05. The molecular formula is C28H25FN4O3S. The highest BCUT2D eigenvalue weighted by molar-refractivity contribution is 8.15. The Bertz CT molecular complexity index is 1370. The van der Waals surface area contributed by atoms with E-state index in [1.54, 1.807) is 24.3 Å². The van der Waals surface area contributed by atoms with Crippen molar-refractivity contribution < 1.29 is 18.7 Å². The van der Waals surface area contributed by atoms with Crippen LogP contribution in [0.15, 0.2) is 82.9 Å². The second-order valence-electron chi connectivity index (χ2n) is 8.85. The number of hydrazone groups is 1. The number of aryl methyl sites for hydroxylation is 1. The lowest BCUT2D eigenvalue weighted by molar-refractivity contribution is -0.121. The summed E-state index contributed by atoms with van der Waals surface area (Å²) in [6.45, 7) is 1.97. The molecule has 2 aliphatic rings. The molecule has 0 aliphatic carbocycles. The largest absolute Gasteiger partial charge is 0.497 e. The Balaban J connectivity index is 1.35. The maximum atomic E-state index is 13.5. The number of halogens is 1. The van der Waals surface area contributed by atoms with E-state index in [9.17, 15) is 14.0 Å². The molecule has 0 saturated carbocycles. The molecule has 3 aromatic rings. The quantitative estimate of drug-likeness (QED) is 0.480. The number of benzene rings is 3. The summed E-state index contributed by atoms with van der Waals surface area (Å²) >= 11 is 1.24. The van der Waals surface area contributed by atoms with Crippen LogP contribution in [0.4, 0.5) is 10.1 Å². The molecule has 37 heavy (non-hydrogen) atoms. The summed E-state index contributed by atoms with van der Waals surface area (Å²) in [4.78, 5) is 29.7. The average Bonchev–Trinajstić information content (AvgIpc) is 3.50.